The van der Waals surface area contributed by atoms with Crippen LogP contribution in [0.25, 0.3) is 11.1 Å². The maximum atomic E-state index is 13.6. The number of methoxy groups -OCH3 is 1. The Bertz CT molecular complexity index is 1490. The van der Waals surface area contributed by atoms with Crippen LogP contribution < -0.4 is 5.56 Å². The van der Waals surface area contributed by atoms with Crippen LogP contribution in [0.2, 0.25) is 5.02 Å². The molecule has 2 aliphatic carbocycles. The molecule has 0 bridgehead atoms. The zero-order chi connectivity index (χ0) is 27.0. The smallest absolute Gasteiger partial charge is 0.335 e. The van der Waals surface area contributed by atoms with Crippen molar-refractivity contribution in [2.45, 2.75) is 44.6 Å². The van der Waals surface area contributed by atoms with Gasteiger partial charge in [0.2, 0.25) is 0 Å². The van der Waals surface area contributed by atoms with Gasteiger partial charge in [-0.25, -0.2) is 4.79 Å². The van der Waals surface area contributed by atoms with E-state index in [1.165, 1.54) is 36.1 Å². The van der Waals surface area contributed by atoms with E-state index in [0.29, 0.717) is 28.1 Å². The van der Waals surface area contributed by atoms with E-state index in [4.69, 9.17) is 21.4 Å². The number of halogens is 1. The minimum absolute atomic E-state index is 0.00725. The third-order valence-electron chi connectivity index (χ3n) is 7.68. The third-order valence-corrected chi connectivity index (χ3v) is 7.92. The van der Waals surface area contributed by atoms with Crippen LogP contribution in [0, 0.1) is 5.41 Å². The lowest BCUT2D eigenvalue weighted by Gasteiger charge is -2.25. The summed E-state index contributed by atoms with van der Waals surface area (Å²) in [5.74, 6) is -1.32. The lowest BCUT2D eigenvalue weighted by Crippen LogP contribution is -2.32. The number of ketones is 2. The average molecular weight is 534 g/mol. The highest BCUT2D eigenvalue weighted by molar-refractivity contribution is 6.31. The number of rotatable bonds is 8. The molecule has 3 aromatic rings. The molecular weight excluding hydrogens is 506 g/mol. The predicted octanol–water partition coefficient (Wildman–Crippen LogP) is 5.17. The topological polar surface area (TPSA) is 103 Å². The number of carboxylic acid groups (broad SMARTS) is 1. The molecule has 5 rings (SSSR count). The first-order valence-corrected chi connectivity index (χ1v) is 13.0. The molecule has 1 saturated carbocycles. The van der Waals surface area contributed by atoms with Gasteiger partial charge in [0.05, 0.1) is 11.6 Å². The Balaban J connectivity index is 1.56. The highest BCUT2D eigenvalue weighted by atomic mass is 35.5. The van der Waals surface area contributed by atoms with Crippen LogP contribution in [0.3, 0.4) is 0 Å². The Morgan fingerprint density at radius 1 is 1.03 bits per heavy atom. The van der Waals surface area contributed by atoms with Crippen molar-refractivity contribution in [1.29, 1.82) is 0 Å². The number of pyridine rings is 1. The maximum absolute atomic E-state index is 13.6. The molecule has 1 unspecified atom stereocenters. The van der Waals surface area contributed by atoms with Crippen molar-refractivity contribution in [1.82, 2.24) is 4.57 Å². The van der Waals surface area contributed by atoms with Gasteiger partial charge in [-0.1, -0.05) is 29.8 Å². The van der Waals surface area contributed by atoms with Crippen LogP contribution in [0.1, 0.15) is 63.6 Å². The Labute approximate surface area is 225 Å². The average Bonchev–Trinajstić information content (AvgIpc) is 3.64. The first kappa shape index (κ1) is 26.1. The van der Waals surface area contributed by atoms with Gasteiger partial charge in [0.15, 0.2) is 11.6 Å². The number of fused-ring (bicyclic) bond motifs is 3. The first-order valence-electron chi connectivity index (χ1n) is 12.6. The van der Waals surface area contributed by atoms with Crippen molar-refractivity contribution in [3.63, 3.8) is 0 Å². The van der Waals surface area contributed by atoms with Crippen molar-refractivity contribution in [2.24, 2.45) is 5.41 Å². The fraction of sp³-hybridized carbons (Fsp3) is 0.333. The van der Waals surface area contributed by atoms with E-state index in [1.54, 1.807) is 12.1 Å². The molecule has 38 heavy (non-hydrogen) atoms. The molecule has 0 radical (unpaired) electrons. The van der Waals surface area contributed by atoms with Crippen LogP contribution >= 0.6 is 11.6 Å². The molecule has 196 valence electrons. The Hall–Kier alpha value is -3.55. The van der Waals surface area contributed by atoms with E-state index in [-0.39, 0.29) is 47.6 Å². The number of hydrogen-bond donors (Lipinski definition) is 1. The highest BCUT2D eigenvalue weighted by Crippen LogP contribution is 2.54. The van der Waals surface area contributed by atoms with Gasteiger partial charge in [0, 0.05) is 49.4 Å². The van der Waals surface area contributed by atoms with Gasteiger partial charge in [-0.15, -0.1) is 0 Å². The van der Waals surface area contributed by atoms with Crippen LogP contribution in [0.5, 0.6) is 0 Å². The Morgan fingerprint density at radius 2 is 1.76 bits per heavy atom. The van der Waals surface area contributed by atoms with Crippen molar-refractivity contribution >= 4 is 29.1 Å². The molecule has 2 aliphatic rings. The monoisotopic (exact) mass is 533 g/mol. The molecule has 1 N–H and O–H groups in total. The molecule has 7 nitrogen and oxygen atoms in total. The molecule has 2 aromatic carbocycles. The number of carbonyl (C=O) groups is 3. The second kappa shape index (κ2) is 10.3. The number of Topliss-reactive ketones (excluding diaryl/α,β-unsaturated/α-hetero) is 2. The summed E-state index contributed by atoms with van der Waals surface area (Å²) in [7, 11) is 1.52. The zero-order valence-corrected chi connectivity index (χ0v) is 21.8. The van der Waals surface area contributed by atoms with Crippen molar-refractivity contribution in [2.75, 3.05) is 13.7 Å². The van der Waals surface area contributed by atoms with Crippen molar-refractivity contribution < 1.29 is 24.2 Å². The zero-order valence-electron chi connectivity index (χ0n) is 21.0. The predicted molar refractivity (Wildman–Crippen MR) is 143 cm³/mol. The van der Waals surface area contributed by atoms with E-state index in [2.05, 4.69) is 0 Å². The van der Waals surface area contributed by atoms with Gasteiger partial charge in [0.25, 0.3) is 5.56 Å². The second-order valence-electron chi connectivity index (χ2n) is 10.4. The van der Waals surface area contributed by atoms with Gasteiger partial charge in [-0.2, -0.15) is 0 Å². The number of carboxylic acids is 1. The van der Waals surface area contributed by atoms with Crippen molar-refractivity contribution in [3.05, 3.63) is 92.4 Å². The molecule has 8 heteroatoms. The Morgan fingerprint density at radius 3 is 2.42 bits per heavy atom. The molecule has 1 aromatic heterocycles. The van der Waals surface area contributed by atoms with Crippen molar-refractivity contribution in [3.8, 4) is 11.1 Å². The molecule has 1 heterocycles. The summed E-state index contributed by atoms with van der Waals surface area (Å²) in [6.45, 7) is 0.243. The SMILES string of the molecule is COCCC(C(=O)Cc1ccc(C(=O)O)cc1)n1cc2c(cc1=O)-c1cc(Cl)ccc1CC1(CC1)CC2=O. The molecule has 1 fully saturated rings. The maximum Gasteiger partial charge on any atom is 0.335 e. The molecule has 0 saturated heterocycles. The fourth-order valence-electron chi connectivity index (χ4n) is 5.39. The minimum atomic E-state index is -1.05. The lowest BCUT2D eigenvalue weighted by molar-refractivity contribution is -0.122. The van der Waals surface area contributed by atoms with E-state index in [9.17, 15) is 19.2 Å². The number of aromatic carboxylic acids is 1. The summed E-state index contributed by atoms with van der Waals surface area (Å²) in [5, 5.41) is 9.66. The van der Waals surface area contributed by atoms with E-state index < -0.39 is 12.0 Å². The number of nitrogens with zero attached hydrogens (tertiary/aromatic N) is 1. The number of hydrogen-bond acceptors (Lipinski definition) is 5. The second-order valence-corrected chi connectivity index (χ2v) is 10.8. The summed E-state index contributed by atoms with van der Waals surface area (Å²) in [5.41, 5.74) is 3.13. The number of aromatic nitrogens is 1. The molecular formula is C30H28ClNO6. The summed E-state index contributed by atoms with van der Waals surface area (Å²) in [6, 6.07) is 12.3. The Kier molecular flexibility index (Phi) is 7.07. The van der Waals surface area contributed by atoms with Crippen LogP contribution in [-0.4, -0.2) is 40.9 Å². The van der Waals surface area contributed by atoms with Gasteiger partial charge in [0.1, 0.15) is 0 Å². The molecule has 0 aliphatic heterocycles. The van der Waals surface area contributed by atoms with E-state index in [1.807, 2.05) is 18.2 Å². The fourth-order valence-corrected chi connectivity index (χ4v) is 5.56. The van der Waals surface area contributed by atoms with Gasteiger partial charge in [-0.05, 0) is 77.6 Å². The number of carbonyl (C=O) groups excluding carboxylic acids is 2. The summed E-state index contributed by atoms with van der Waals surface area (Å²) < 4.78 is 6.58. The van der Waals surface area contributed by atoms with Crippen LogP contribution in [-0.2, 0) is 22.4 Å². The van der Waals surface area contributed by atoms with Crippen LogP contribution in [0.15, 0.2) is 59.5 Å². The molecule has 1 spiro atoms. The quantitative estimate of drug-likeness (QED) is 0.429. The van der Waals surface area contributed by atoms with Gasteiger partial charge >= 0.3 is 5.97 Å². The first-order chi connectivity index (χ1) is 18.2. The minimum Gasteiger partial charge on any atom is -0.478 e. The van der Waals surface area contributed by atoms with Crippen LogP contribution in [0.4, 0.5) is 0 Å². The largest absolute Gasteiger partial charge is 0.478 e. The van der Waals surface area contributed by atoms with E-state index in [0.717, 1.165) is 30.4 Å². The molecule has 0 amide bonds. The lowest BCUT2D eigenvalue weighted by atomic mass is 9.81. The summed E-state index contributed by atoms with van der Waals surface area (Å²) in [6.07, 6.45) is 4.92. The molecule has 1 atom stereocenters. The standard InChI is InChI=1S/C30H28ClNO6/c1-38-11-8-25(26(33)12-18-2-4-19(5-3-18)29(36)37)32-17-24-23(14-28(32)35)22-13-21(31)7-6-20(22)15-30(9-10-30)16-27(24)34/h2-7,13-14,17,25H,8-12,15-16H2,1H3,(H,36,37). The van der Waals surface area contributed by atoms with Gasteiger partial charge < -0.3 is 14.4 Å². The number of benzene rings is 2. The highest BCUT2D eigenvalue weighted by Gasteiger charge is 2.46. The number of ether oxygens (including phenoxy) is 1. The third kappa shape index (κ3) is 5.22. The van der Waals surface area contributed by atoms with E-state index >= 15 is 0 Å². The summed E-state index contributed by atoms with van der Waals surface area (Å²) >= 11 is 6.33. The normalized spacial score (nSPS) is 16.2. The van der Waals surface area contributed by atoms with Gasteiger partial charge in [-0.3, -0.25) is 14.4 Å². The summed E-state index contributed by atoms with van der Waals surface area (Å²) in [4.78, 5) is 51.7.